The van der Waals surface area contributed by atoms with Gasteiger partial charge in [0.05, 0.1) is 25.9 Å². The molecule has 0 aromatic heterocycles. The summed E-state index contributed by atoms with van der Waals surface area (Å²) in [5, 5.41) is 0. The molecule has 0 saturated carbocycles. The second-order valence-corrected chi connectivity index (χ2v) is 5.73. The van der Waals surface area contributed by atoms with Crippen molar-refractivity contribution in [1.29, 1.82) is 0 Å². The molecule has 0 heterocycles. The first-order valence-electron chi connectivity index (χ1n) is 6.24. The zero-order valence-electron chi connectivity index (χ0n) is 11.8. The zero-order valence-corrected chi connectivity index (χ0v) is 12.7. The minimum atomic E-state index is -3.24. The second kappa shape index (κ2) is 8.04. The molecule has 0 aliphatic heterocycles. The van der Waals surface area contributed by atoms with E-state index in [1.54, 1.807) is 38.1 Å². The van der Waals surface area contributed by atoms with Gasteiger partial charge in [0.2, 0.25) is 0 Å². The molecule has 0 N–H and O–H groups in total. The minimum Gasteiger partial charge on any atom is -0.481 e. The molecule has 112 valence electrons. The van der Waals surface area contributed by atoms with Crippen LogP contribution >= 0.6 is 7.60 Å². The van der Waals surface area contributed by atoms with Crippen molar-refractivity contribution in [2.45, 2.75) is 13.8 Å². The number of ether oxygens (including phenoxy) is 2. The molecular weight excluding hydrogens is 283 g/mol. The first kappa shape index (κ1) is 16.7. The van der Waals surface area contributed by atoms with Crippen LogP contribution in [-0.2, 0) is 18.3 Å². The van der Waals surface area contributed by atoms with E-state index in [4.69, 9.17) is 13.8 Å². The van der Waals surface area contributed by atoms with Gasteiger partial charge in [-0.1, -0.05) is 0 Å². The lowest BCUT2D eigenvalue weighted by atomic mass is 10.2. The summed E-state index contributed by atoms with van der Waals surface area (Å²) in [6, 6.07) is 6.31. The summed E-state index contributed by atoms with van der Waals surface area (Å²) in [4.78, 5) is 11.3. The number of hydrogen-bond donors (Lipinski definition) is 0. The Kier molecular flexibility index (Phi) is 6.71. The van der Waals surface area contributed by atoms with Gasteiger partial charge in [0.25, 0.3) is 0 Å². The lowest BCUT2D eigenvalue weighted by Crippen LogP contribution is -2.06. The minimum absolute atomic E-state index is 0.174. The molecule has 20 heavy (non-hydrogen) atoms. The number of rotatable bonds is 8. The first-order chi connectivity index (χ1) is 9.54. The van der Waals surface area contributed by atoms with Crippen LogP contribution in [0, 0.1) is 0 Å². The van der Waals surface area contributed by atoms with E-state index in [0.29, 0.717) is 11.3 Å². The largest absolute Gasteiger partial charge is 0.481 e. The van der Waals surface area contributed by atoms with Crippen molar-refractivity contribution in [3.63, 3.8) is 0 Å². The molecule has 6 nitrogen and oxygen atoms in total. The summed E-state index contributed by atoms with van der Waals surface area (Å²) >= 11 is 0. The van der Waals surface area contributed by atoms with Crippen LogP contribution in [-0.4, -0.2) is 32.6 Å². The monoisotopic (exact) mass is 302 g/mol. The zero-order chi connectivity index (χ0) is 15.0. The summed E-state index contributed by atoms with van der Waals surface area (Å²) in [5.41, 5.74) is 0.414. The van der Waals surface area contributed by atoms with Crippen molar-refractivity contribution in [1.82, 2.24) is 0 Å². The van der Waals surface area contributed by atoms with Gasteiger partial charge in [-0.05, 0) is 38.1 Å². The number of hydrogen-bond acceptors (Lipinski definition) is 6. The summed E-state index contributed by atoms with van der Waals surface area (Å²) < 4.78 is 32.3. The van der Waals surface area contributed by atoms with Crippen LogP contribution < -0.4 is 4.74 Å². The maximum absolute atomic E-state index is 12.2. The molecule has 0 bridgehead atoms. The van der Waals surface area contributed by atoms with E-state index in [1.807, 2.05) is 0 Å². The van der Waals surface area contributed by atoms with E-state index in [1.165, 1.54) is 7.11 Å². The van der Waals surface area contributed by atoms with E-state index in [-0.39, 0.29) is 19.6 Å². The van der Waals surface area contributed by atoms with Crippen LogP contribution in [0.4, 0.5) is 0 Å². The summed E-state index contributed by atoms with van der Waals surface area (Å²) in [6.07, 6.45) is -0.174. The van der Waals surface area contributed by atoms with Gasteiger partial charge in [0, 0.05) is 0 Å². The highest BCUT2D eigenvalue weighted by Crippen LogP contribution is 2.47. The molecule has 0 fully saturated rings. The van der Waals surface area contributed by atoms with Gasteiger partial charge < -0.3 is 18.5 Å². The van der Waals surface area contributed by atoms with Gasteiger partial charge >= 0.3 is 13.6 Å². The Balaban J connectivity index is 2.64. The number of carbonyl (C=O) groups excluding carboxylic acids is 1. The Hall–Kier alpha value is -1.36. The van der Waals surface area contributed by atoms with Crippen LogP contribution in [0.5, 0.6) is 5.75 Å². The Bertz CT molecular complexity index is 460. The molecule has 0 aliphatic rings. The van der Waals surface area contributed by atoms with E-state index in [9.17, 15) is 9.36 Å². The molecule has 0 saturated heterocycles. The summed E-state index contributed by atoms with van der Waals surface area (Å²) in [6.45, 7) is 4.03. The van der Waals surface area contributed by atoms with Crippen LogP contribution in [0.25, 0.3) is 0 Å². The van der Waals surface area contributed by atoms with Crippen LogP contribution in [0.2, 0.25) is 0 Å². The summed E-state index contributed by atoms with van der Waals surface area (Å²) in [5.74, 6) is 0.0446. The molecule has 7 heteroatoms. The predicted octanol–water partition coefficient (Wildman–Crippen LogP) is 3.08. The number of methoxy groups -OCH3 is 1. The molecule has 0 unspecified atom stereocenters. The molecule has 1 aromatic rings. The standard InChI is InChI=1S/C13H19O6P/c1-4-18-20(15,19-5-2)10-17-12-8-6-11(7-9-12)13(14)16-3/h6-9H,4-5,10H2,1-3H3. The molecule has 1 aromatic carbocycles. The highest BCUT2D eigenvalue weighted by atomic mass is 31.2. The maximum atomic E-state index is 12.2. The van der Waals surface area contributed by atoms with Gasteiger partial charge in [-0.2, -0.15) is 0 Å². The Labute approximate surface area is 118 Å². The van der Waals surface area contributed by atoms with E-state index < -0.39 is 13.6 Å². The smallest absolute Gasteiger partial charge is 0.367 e. The third-order valence-corrected chi connectivity index (χ3v) is 4.06. The average Bonchev–Trinajstić information content (AvgIpc) is 2.45. The molecular formula is C13H19O6P. The summed E-state index contributed by atoms with van der Waals surface area (Å²) in [7, 11) is -1.92. The fraction of sp³-hybridized carbons (Fsp3) is 0.462. The molecule has 0 aliphatic carbocycles. The highest BCUT2D eigenvalue weighted by Gasteiger charge is 2.24. The predicted molar refractivity (Wildman–Crippen MR) is 74.1 cm³/mol. The van der Waals surface area contributed by atoms with Gasteiger partial charge in [-0.25, -0.2) is 4.79 Å². The first-order valence-corrected chi connectivity index (χ1v) is 7.96. The molecule has 0 radical (unpaired) electrons. The lowest BCUT2D eigenvalue weighted by Gasteiger charge is -2.17. The third kappa shape index (κ3) is 4.96. The number of esters is 1. The van der Waals surface area contributed by atoms with Crippen molar-refractivity contribution in [2.75, 3.05) is 26.7 Å². The van der Waals surface area contributed by atoms with Gasteiger partial charge in [0.1, 0.15) is 5.75 Å². The van der Waals surface area contributed by atoms with E-state index in [2.05, 4.69) is 4.74 Å². The fourth-order valence-corrected chi connectivity index (χ4v) is 2.78. The number of benzene rings is 1. The normalized spacial score (nSPS) is 11.2. The topological polar surface area (TPSA) is 71.1 Å². The van der Waals surface area contributed by atoms with Gasteiger partial charge in [-0.15, -0.1) is 0 Å². The lowest BCUT2D eigenvalue weighted by molar-refractivity contribution is 0.0600. The number of carbonyl (C=O) groups is 1. The van der Waals surface area contributed by atoms with Crippen molar-refractivity contribution >= 4 is 13.6 Å². The van der Waals surface area contributed by atoms with Crippen molar-refractivity contribution in [3.8, 4) is 5.75 Å². The molecule has 0 amide bonds. The average molecular weight is 302 g/mol. The molecule has 1 rings (SSSR count). The maximum Gasteiger partial charge on any atom is 0.367 e. The van der Waals surface area contributed by atoms with E-state index >= 15 is 0 Å². The Morgan fingerprint density at radius 2 is 1.65 bits per heavy atom. The third-order valence-electron chi connectivity index (χ3n) is 2.32. The van der Waals surface area contributed by atoms with Crippen LogP contribution in [0.15, 0.2) is 24.3 Å². The van der Waals surface area contributed by atoms with Crippen molar-refractivity contribution < 1.29 is 27.9 Å². The van der Waals surface area contributed by atoms with E-state index in [0.717, 1.165) is 0 Å². The van der Waals surface area contributed by atoms with Gasteiger partial charge in [0.15, 0.2) is 6.35 Å². The van der Waals surface area contributed by atoms with Crippen LogP contribution in [0.3, 0.4) is 0 Å². The van der Waals surface area contributed by atoms with Crippen LogP contribution in [0.1, 0.15) is 24.2 Å². The highest BCUT2D eigenvalue weighted by molar-refractivity contribution is 7.53. The second-order valence-electron chi connectivity index (χ2n) is 3.74. The van der Waals surface area contributed by atoms with Crippen molar-refractivity contribution in [3.05, 3.63) is 29.8 Å². The Morgan fingerprint density at radius 1 is 1.10 bits per heavy atom. The fourth-order valence-electron chi connectivity index (χ4n) is 1.46. The molecule has 0 spiro atoms. The Morgan fingerprint density at radius 3 is 2.10 bits per heavy atom. The molecule has 0 atom stereocenters. The van der Waals surface area contributed by atoms with Crippen molar-refractivity contribution in [2.24, 2.45) is 0 Å². The van der Waals surface area contributed by atoms with Gasteiger partial charge in [-0.3, -0.25) is 4.57 Å². The quantitative estimate of drug-likeness (QED) is 0.543. The SMILES string of the molecule is CCOP(=O)(COc1ccc(C(=O)OC)cc1)OCC.